The van der Waals surface area contributed by atoms with E-state index in [1.807, 2.05) is 6.92 Å². The van der Waals surface area contributed by atoms with E-state index in [1.165, 1.54) is 4.31 Å². The zero-order valence-electron chi connectivity index (χ0n) is 10.7. The molecule has 1 N–H and O–H groups in total. The minimum atomic E-state index is -3.44. The van der Waals surface area contributed by atoms with Gasteiger partial charge in [0.2, 0.25) is 10.0 Å². The first-order valence-electron chi connectivity index (χ1n) is 6.68. The molecular formula is C12H21NO4S. The van der Waals surface area contributed by atoms with Crippen molar-refractivity contribution < 1.29 is 18.3 Å². The summed E-state index contributed by atoms with van der Waals surface area (Å²) >= 11 is 0. The van der Waals surface area contributed by atoms with Crippen LogP contribution in [0.3, 0.4) is 0 Å². The maximum absolute atomic E-state index is 12.5. The molecule has 1 saturated heterocycles. The van der Waals surface area contributed by atoms with Gasteiger partial charge in [0.15, 0.2) is 0 Å². The van der Waals surface area contributed by atoms with Gasteiger partial charge >= 0.3 is 5.97 Å². The highest BCUT2D eigenvalue weighted by Crippen LogP contribution is 2.32. The fourth-order valence-corrected chi connectivity index (χ4v) is 5.49. The molecule has 0 amide bonds. The molecule has 6 heteroatoms. The summed E-state index contributed by atoms with van der Waals surface area (Å²) in [4.78, 5) is 11.3. The third-order valence-electron chi connectivity index (χ3n) is 4.19. The number of hydrogen-bond acceptors (Lipinski definition) is 3. The zero-order chi connectivity index (χ0) is 13.3. The van der Waals surface area contributed by atoms with Crippen LogP contribution in [0.15, 0.2) is 0 Å². The van der Waals surface area contributed by atoms with E-state index in [4.69, 9.17) is 0 Å². The Kier molecular flexibility index (Phi) is 3.96. The molecule has 0 aromatic heterocycles. The predicted octanol–water partition coefficient (Wildman–Crippen LogP) is 1.44. The summed E-state index contributed by atoms with van der Waals surface area (Å²) in [5.74, 6) is -1.11. The molecule has 2 rings (SSSR count). The normalized spacial score (nSPS) is 31.6. The second-order valence-corrected chi connectivity index (χ2v) is 7.63. The molecule has 2 fully saturated rings. The maximum atomic E-state index is 12.5. The van der Waals surface area contributed by atoms with Gasteiger partial charge < -0.3 is 5.11 Å². The number of piperidine rings is 1. The molecule has 2 aliphatic rings. The standard InChI is InChI=1S/C12H21NO4S/c1-9-5-4-8-13(11(9)12(14)15)18(16,17)10-6-2-3-7-10/h9-11H,2-8H2,1H3,(H,14,15). The third-order valence-corrected chi connectivity index (χ3v) is 6.57. The summed E-state index contributed by atoms with van der Waals surface area (Å²) in [5.41, 5.74) is 0. The SMILES string of the molecule is CC1CCCN(S(=O)(=O)C2CCCC2)C1C(=O)O. The Morgan fingerprint density at radius 1 is 1.17 bits per heavy atom. The van der Waals surface area contributed by atoms with Gasteiger partial charge in [0.25, 0.3) is 0 Å². The van der Waals surface area contributed by atoms with Crippen molar-refractivity contribution >= 4 is 16.0 Å². The summed E-state index contributed by atoms with van der Waals surface area (Å²) in [5, 5.41) is 8.92. The van der Waals surface area contributed by atoms with Gasteiger partial charge in [-0.15, -0.1) is 0 Å². The smallest absolute Gasteiger partial charge is 0.322 e. The van der Waals surface area contributed by atoms with E-state index in [0.29, 0.717) is 19.4 Å². The van der Waals surface area contributed by atoms with Gasteiger partial charge in [-0.1, -0.05) is 19.8 Å². The number of carboxylic acid groups (broad SMARTS) is 1. The van der Waals surface area contributed by atoms with Crippen molar-refractivity contribution in [2.24, 2.45) is 5.92 Å². The Hall–Kier alpha value is -0.620. The van der Waals surface area contributed by atoms with Crippen LogP contribution in [0, 0.1) is 5.92 Å². The highest BCUT2D eigenvalue weighted by Gasteiger charge is 2.44. The maximum Gasteiger partial charge on any atom is 0.322 e. The molecule has 104 valence electrons. The van der Waals surface area contributed by atoms with Crippen molar-refractivity contribution in [2.45, 2.75) is 56.7 Å². The van der Waals surface area contributed by atoms with Gasteiger partial charge in [0, 0.05) is 6.54 Å². The highest BCUT2D eigenvalue weighted by atomic mass is 32.2. The van der Waals surface area contributed by atoms with E-state index >= 15 is 0 Å². The first-order valence-corrected chi connectivity index (χ1v) is 8.18. The summed E-state index contributed by atoms with van der Waals surface area (Å²) in [6.07, 6.45) is 4.78. The van der Waals surface area contributed by atoms with Crippen molar-refractivity contribution in [1.82, 2.24) is 4.31 Å². The molecule has 0 radical (unpaired) electrons. The Bertz CT molecular complexity index is 414. The Morgan fingerprint density at radius 3 is 2.33 bits per heavy atom. The van der Waals surface area contributed by atoms with E-state index < -0.39 is 22.0 Å². The minimum Gasteiger partial charge on any atom is -0.480 e. The van der Waals surface area contributed by atoms with Gasteiger partial charge in [-0.2, -0.15) is 4.31 Å². The zero-order valence-corrected chi connectivity index (χ0v) is 11.5. The van der Waals surface area contributed by atoms with Crippen LogP contribution in [0.4, 0.5) is 0 Å². The number of rotatable bonds is 3. The molecule has 0 spiro atoms. The molecule has 1 aliphatic carbocycles. The average molecular weight is 275 g/mol. The number of carboxylic acids is 1. The van der Waals surface area contributed by atoms with Crippen LogP contribution in [0.25, 0.3) is 0 Å². The lowest BCUT2D eigenvalue weighted by Crippen LogP contribution is -2.53. The van der Waals surface area contributed by atoms with Crippen molar-refractivity contribution in [2.75, 3.05) is 6.54 Å². The second kappa shape index (κ2) is 5.17. The average Bonchev–Trinajstić information content (AvgIpc) is 2.82. The molecule has 1 saturated carbocycles. The van der Waals surface area contributed by atoms with Crippen LogP contribution in [-0.4, -0.2) is 41.6 Å². The molecule has 1 aliphatic heterocycles. The van der Waals surface area contributed by atoms with Crippen LogP contribution in [0.1, 0.15) is 45.4 Å². The lowest BCUT2D eigenvalue weighted by molar-refractivity contribution is -0.144. The fraction of sp³-hybridized carbons (Fsp3) is 0.917. The minimum absolute atomic E-state index is 0.104. The van der Waals surface area contributed by atoms with Crippen molar-refractivity contribution in [3.05, 3.63) is 0 Å². The van der Waals surface area contributed by atoms with Gasteiger partial charge in [-0.25, -0.2) is 8.42 Å². The predicted molar refractivity (Wildman–Crippen MR) is 67.7 cm³/mol. The highest BCUT2D eigenvalue weighted by molar-refractivity contribution is 7.89. The monoisotopic (exact) mass is 275 g/mol. The van der Waals surface area contributed by atoms with E-state index in [2.05, 4.69) is 0 Å². The van der Waals surface area contributed by atoms with Crippen LogP contribution < -0.4 is 0 Å². The first kappa shape index (κ1) is 13.8. The summed E-state index contributed by atoms with van der Waals surface area (Å²) in [6, 6.07) is -0.871. The molecule has 1 heterocycles. The van der Waals surface area contributed by atoms with E-state index in [9.17, 15) is 18.3 Å². The Morgan fingerprint density at radius 2 is 1.78 bits per heavy atom. The van der Waals surface area contributed by atoms with Crippen LogP contribution in [-0.2, 0) is 14.8 Å². The Balaban J connectivity index is 2.26. The molecule has 0 aromatic carbocycles. The topological polar surface area (TPSA) is 74.7 Å². The van der Waals surface area contributed by atoms with Crippen LogP contribution in [0.2, 0.25) is 0 Å². The number of carbonyl (C=O) groups is 1. The molecular weight excluding hydrogens is 254 g/mol. The van der Waals surface area contributed by atoms with Gasteiger partial charge in [-0.05, 0) is 31.6 Å². The quantitative estimate of drug-likeness (QED) is 0.845. The van der Waals surface area contributed by atoms with Gasteiger partial charge in [-0.3, -0.25) is 4.79 Å². The number of hydrogen-bond donors (Lipinski definition) is 1. The number of aliphatic carboxylic acids is 1. The summed E-state index contributed by atoms with van der Waals surface area (Å²) in [7, 11) is -3.44. The largest absolute Gasteiger partial charge is 0.480 e. The molecule has 2 unspecified atom stereocenters. The van der Waals surface area contributed by atoms with Crippen molar-refractivity contribution in [1.29, 1.82) is 0 Å². The third kappa shape index (κ3) is 2.40. The molecule has 0 bridgehead atoms. The van der Waals surface area contributed by atoms with E-state index in [-0.39, 0.29) is 11.2 Å². The fourth-order valence-electron chi connectivity index (χ4n) is 3.18. The molecule has 5 nitrogen and oxygen atoms in total. The van der Waals surface area contributed by atoms with Crippen molar-refractivity contribution in [3.8, 4) is 0 Å². The number of sulfonamides is 1. The lowest BCUT2D eigenvalue weighted by atomic mass is 9.93. The van der Waals surface area contributed by atoms with E-state index in [0.717, 1.165) is 25.7 Å². The second-order valence-electron chi connectivity index (χ2n) is 5.46. The van der Waals surface area contributed by atoms with Crippen LogP contribution >= 0.6 is 0 Å². The molecule has 2 atom stereocenters. The summed E-state index contributed by atoms with van der Waals surface area (Å²) in [6.45, 7) is 2.19. The van der Waals surface area contributed by atoms with Gasteiger partial charge in [0.05, 0.1) is 5.25 Å². The Labute approximate surface area is 108 Å². The molecule has 18 heavy (non-hydrogen) atoms. The van der Waals surface area contributed by atoms with Crippen molar-refractivity contribution in [3.63, 3.8) is 0 Å². The summed E-state index contributed by atoms with van der Waals surface area (Å²) < 4.78 is 26.3. The molecule has 0 aromatic rings. The first-order chi connectivity index (χ1) is 8.44. The van der Waals surface area contributed by atoms with Gasteiger partial charge in [0.1, 0.15) is 6.04 Å². The number of nitrogens with zero attached hydrogens (tertiary/aromatic N) is 1. The van der Waals surface area contributed by atoms with E-state index in [1.54, 1.807) is 0 Å². The van der Waals surface area contributed by atoms with Crippen LogP contribution in [0.5, 0.6) is 0 Å². The lowest BCUT2D eigenvalue weighted by Gasteiger charge is -2.37.